The first-order valence-corrected chi connectivity index (χ1v) is 5.27. The second-order valence-electron chi connectivity index (χ2n) is 4.87. The van der Waals surface area contributed by atoms with Crippen LogP contribution in [0.3, 0.4) is 0 Å². The molecule has 0 aromatic heterocycles. The first-order valence-electron chi connectivity index (χ1n) is 5.27. The van der Waals surface area contributed by atoms with Crippen molar-refractivity contribution >= 4 is 0 Å². The third-order valence-electron chi connectivity index (χ3n) is 4.20. The monoisotopic (exact) mass is 152 g/mol. The fraction of sp³-hybridized carbons (Fsp3) is 1.00. The molecule has 0 aliphatic heterocycles. The molecule has 64 valence electrons. The molecule has 0 heterocycles. The third-order valence-corrected chi connectivity index (χ3v) is 4.20. The van der Waals surface area contributed by atoms with Gasteiger partial charge in [0.05, 0.1) is 0 Å². The maximum Gasteiger partial charge on any atom is -0.0386 e. The van der Waals surface area contributed by atoms with Crippen LogP contribution in [0.15, 0.2) is 0 Å². The fourth-order valence-electron chi connectivity index (χ4n) is 3.08. The molecular formula is C11H20. The molecule has 0 saturated heterocycles. The molecule has 0 spiro atoms. The molecule has 2 bridgehead atoms. The topological polar surface area (TPSA) is 0 Å². The summed E-state index contributed by atoms with van der Waals surface area (Å²) in [5.41, 5.74) is 0. The Kier molecular flexibility index (Phi) is 1.95. The fourth-order valence-corrected chi connectivity index (χ4v) is 3.08. The van der Waals surface area contributed by atoms with E-state index in [-0.39, 0.29) is 0 Å². The van der Waals surface area contributed by atoms with Crippen LogP contribution in [0.1, 0.15) is 46.0 Å². The lowest BCUT2D eigenvalue weighted by molar-refractivity contribution is 0.0891. The van der Waals surface area contributed by atoms with Crippen molar-refractivity contribution in [2.75, 3.05) is 0 Å². The highest BCUT2D eigenvalue weighted by atomic mass is 14.4. The van der Waals surface area contributed by atoms with E-state index >= 15 is 0 Å². The second kappa shape index (κ2) is 2.80. The number of rotatable bonds is 0. The predicted molar refractivity (Wildman–Crippen MR) is 48.4 cm³/mol. The maximum absolute atomic E-state index is 2.46. The van der Waals surface area contributed by atoms with Gasteiger partial charge in [0.2, 0.25) is 0 Å². The van der Waals surface area contributed by atoms with Crippen LogP contribution in [-0.4, -0.2) is 0 Å². The lowest BCUT2D eigenvalue weighted by atomic mass is 9.64. The van der Waals surface area contributed by atoms with Crippen LogP contribution in [-0.2, 0) is 0 Å². The number of hydrogen-bond donors (Lipinski definition) is 0. The summed E-state index contributed by atoms with van der Waals surface area (Å²) in [6, 6.07) is 0. The van der Waals surface area contributed by atoms with E-state index < -0.39 is 0 Å². The van der Waals surface area contributed by atoms with Crippen molar-refractivity contribution in [3.63, 3.8) is 0 Å². The zero-order chi connectivity index (χ0) is 7.84. The molecule has 2 rings (SSSR count). The van der Waals surface area contributed by atoms with Crippen LogP contribution in [0, 0.1) is 23.7 Å². The van der Waals surface area contributed by atoms with Crippen molar-refractivity contribution in [3.05, 3.63) is 0 Å². The molecule has 0 radical (unpaired) electrons. The Morgan fingerprint density at radius 2 is 1.18 bits per heavy atom. The molecule has 2 fully saturated rings. The van der Waals surface area contributed by atoms with Gasteiger partial charge in [-0.1, -0.05) is 26.7 Å². The molecule has 0 amide bonds. The van der Waals surface area contributed by atoms with E-state index in [1.165, 1.54) is 25.7 Å². The number of fused-ring (bicyclic) bond motifs is 2. The van der Waals surface area contributed by atoms with Gasteiger partial charge < -0.3 is 0 Å². The average Bonchev–Trinajstić information content (AvgIpc) is 2.02. The Bertz CT molecular complexity index is 123. The van der Waals surface area contributed by atoms with Crippen molar-refractivity contribution in [1.82, 2.24) is 0 Å². The van der Waals surface area contributed by atoms with E-state index in [2.05, 4.69) is 13.8 Å². The van der Waals surface area contributed by atoms with E-state index in [9.17, 15) is 0 Å². The third kappa shape index (κ3) is 1.32. The van der Waals surface area contributed by atoms with Gasteiger partial charge in [0.15, 0.2) is 0 Å². The molecule has 2 aliphatic rings. The highest BCUT2D eigenvalue weighted by Crippen LogP contribution is 2.45. The Morgan fingerprint density at radius 3 is 1.64 bits per heavy atom. The molecule has 0 nitrogen and oxygen atoms in total. The predicted octanol–water partition coefficient (Wildman–Crippen LogP) is 3.47. The van der Waals surface area contributed by atoms with Crippen LogP contribution in [0.5, 0.6) is 0 Å². The van der Waals surface area contributed by atoms with Gasteiger partial charge in [0, 0.05) is 0 Å². The summed E-state index contributed by atoms with van der Waals surface area (Å²) in [5.74, 6) is 4.28. The summed E-state index contributed by atoms with van der Waals surface area (Å²) < 4.78 is 0. The van der Waals surface area contributed by atoms with Crippen molar-refractivity contribution in [3.8, 4) is 0 Å². The summed E-state index contributed by atoms with van der Waals surface area (Å²) in [6.07, 6.45) is 7.64. The summed E-state index contributed by atoms with van der Waals surface area (Å²) >= 11 is 0. The molecule has 2 aliphatic carbocycles. The minimum atomic E-state index is 1.04. The van der Waals surface area contributed by atoms with Crippen molar-refractivity contribution in [1.29, 1.82) is 0 Å². The van der Waals surface area contributed by atoms with Gasteiger partial charge in [-0.05, 0) is 42.9 Å². The minimum absolute atomic E-state index is 1.04. The van der Waals surface area contributed by atoms with Crippen LogP contribution < -0.4 is 0 Å². The lowest BCUT2D eigenvalue weighted by Gasteiger charge is -2.42. The van der Waals surface area contributed by atoms with E-state index in [0.29, 0.717) is 0 Å². The van der Waals surface area contributed by atoms with Crippen LogP contribution in [0.25, 0.3) is 0 Å². The van der Waals surface area contributed by atoms with Gasteiger partial charge in [0.25, 0.3) is 0 Å². The highest BCUT2D eigenvalue weighted by molar-refractivity contribution is 4.85. The lowest BCUT2D eigenvalue weighted by Crippen LogP contribution is -2.31. The summed E-state index contributed by atoms with van der Waals surface area (Å²) in [6.45, 7) is 4.91. The van der Waals surface area contributed by atoms with Gasteiger partial charge >= 0.3 is 0 Å². The molecule has 4 atom stereocenters. The van der Waals surface area contributed by atoms with Crippen LogP contribution >= 0.6 is 0 Å². The largest absolute Gasteiger partial charge is 0.0622 e. The van der Waals surface area contributed by atoms with Crippen LogP contribution in [0.2, 0.25) is 0 Å². The molecule has 0 aromatic rings. The Labute approximate surface area is 70.4 Å². The summed E-state index contributed by atoms with van der Waals surface area (Å²) in [4.78, 5) is 0. The van der Waals surface area contributed by atoms with Crippen molar-refractivity contribution in [2.24, 2.45) is 23.7 Å². The van der Waals surface area contributed by atoms with Crippen LogP contribution in [0.4, 0.5) is 0 Å². The Hall–Kier alpha value is 0. The molecule has 4 unspecified atom stereocenters. The highest BCUT2D eigenvalue weighted by Gasteiger charge is 2.34. The molecule has 11 heavy (non-hydrogen) atoms. The number of hydrogen-bond acceptors (Lipinski definition) is 0. The van der Waals surface area contributed by atoms with Gasteiger partial charge in [0.1, 0.15) is 0 Å². The quantitative estimate of drug-likeness (QED) is 0.498. The van der Waals surface area contributed by atoms with E-state index in [0.717, 1.165) is 23.7 Å². The van der Waals surface area contributed by atoms with Gasteiger partial charge in [-0.25, -0.2) is 0 Å². The van der Waals surface area contributed by atoms with Crippen molar-refractivity contribution < 1.29 is 0 Å². The molecular weight excluding hydrogens is 132 g/mol. The summed E-state index contributed by atoms with van der Waals surface area (Å²) in [7, 11) is 0. The average molecular weight is 152 g/mol. The van der Waals surface area contributed by atoms with Crippen molar-refractivity contribution in [2.45, 2.75) is 46.0 Å². The second-order valence-corrected chi connectivity index (χ2v) is 4.87. The molecule has 0 heteroatoms. The van der Waals surface area contributed by atoms with E-state index in [4.69, 9.17) is 0 Å². The SMILES string of the molecule is CC1CCC2CC1CCC2C. The van der Waals surface area contributed by atoms with Gasteiger partial charge in [-0.15, -0.1) is 0 Å². The van der Waals surface area contributed by atoms with Gasteiger partial charge in [-0.2, -0.15) is 0 Å². The molecule has 0 aromatic carbocycles. The molecule has 2 saturated carbocycles. The first-order chi connectivity index (χ1) is 5.27. The van der Waals surface area contributed by atoms with E-state index in [1.807, 2.05) is 0 Å². The standard InChI is InChI=1S/C11H20/c1-8-3-5-11-7-10(8)6-4-9(11)2/h8-11H,3-7H2,1-2H3. The zero-order valence-corrected chi connectivity index (χ0v) is 7.84. The normalized spacial score (nSPS) is 50.7. The smallest absolute Gasteiger partial charge is 0.0386 e. The first kappa shape index (κ1) is 7.64. The molecule has 0 N–H and O–H groups in total. The minimum Gasteiger partial charge on any atom is -0.0622 e. The maximum atomic E-state index is 2.46. The Balaban J connectivity index is 2.02. The zero-order valence-electron chi connectivity index (χ0n) is 7.84. The Morgan fingerprint density at radius 1 is 0.727 bits per heavy atom. The van der Waals surface area contributed by atoms with Gasteiger partial charge in [-0.3, -0.25) is 0 Å². The van der Waals surface area contributed by atoms with E-state index in [1.54, 1.807) is 6.42 Å². The summed E-state index contributed by atoms with van der Waals surface area (Å²) in [5, 5.41) is 0.